The zero-order valence-corrected chi connectivity index (χ0v) is 10.8. The molecular formula is C10H11BrF3NS. The second-order valence-corrected chi connectivity index (χ2v) is 5.18. The summed E-state index contributed by atoms with van der Waals surface area (Å²) in [6, 6.07) is 7.68. The van der Waals surface area contributed by atoms with E-state index >= 15 is 0 Å². The first-order valence-corrected chi connectivity index (χ1v) is 6.41. The Morgan fingerprint density at radius 2 is 2.06 bits per heavy atom. The molecule has 0 amide bonds. The molecule has 90 valence electrons. The fourth-order valence-electron chi connectivity index (χ4n) is 1.03. The number of thioether (sulfide) groups is 1. The zero-order valence-electron chi connectivity index (χ0n) is 8.35. The number of benzene rings is 1. The van der Waals surface area contributed by atoms with Gasteiger partial charge in [-0.15, -0.1) is 11.8 Å². The van der Waals surface area contributed by atoms with Crippen LogP contribution in [0.5, 0.6) is 0 Å². The maximum Gasteiger partial charge on any atom is 0.401 e. The van der Waals surface area contributed by atoms with Gasteiger partial charge in [-0.1, -0.05) is 22.0 Å². The second kappa shape index (κ2) is 6.51. The van der Waals surface area contributed by atoms with Crippen LogP contribution in [0.15, 0.2) is 33.6 Å². The quantitative estimate of drug-likeness (QED) is 0.657. The average Bonchev–Trinajstić information content (AvgIpc) is 2.15. The van der Waals surface area contributed by atoms with Crippen molar-refractivity contribution >= 4 is 27.7 Å². The Kier molecular flexibility index (Phi) is 5.64. The van der Waals surface area contributed by atoms with E-state index in [1.165, 1.54) is 11.8 Å². The van der Waals surface area contributed by atoms with Gasteiger partial charge in [0.1, 0.15) is 0 Å². The molecule has 0 heterocycles. The lowest BCUT2D eigenvalue weighted by Crippen LogP contribution is -2.30. The summed E-state index contributed by atoms with van der Waals surface area (Å²) in [6.45, 7) is -0.581. The highest BCUT2D eigenvalue weighted by atomic mass is 79.9. The van der Waals surface area contributed by atoms with Gasteiger partial charge < -0.3 is 5.32 Å². The van der Waals surface area contributed by atoms with E-state index < -0.39 is 12.7 Å². The molecule has 0 unspecified atom stereocenters. The van der Waals surface area contributed by atoms with Gasteiger partial charge in [-0.2, -0.15) is 13.2 Å². The molecule has 0 aliphatic rings. The summed E-state index contributed by atoms with van der Waals surface area (Å²) in [7, 11) is 0. The zero-order chi connectivity index (χ0) is 12.0. The van der Waals surface area contributed by atoms with Crippen molar-refractivity contribution < 1.29 is 13.2 Å². The van der Waals surface area contributed by atoms with E-state index in [4.69, 9.17) is 0 Å². The minimum atomic E-state index is -4.12. The monoisotopic (exact) mass is 313 g/mol. The summed E-state index contributed by atoms with van der Waals surface area (Å²) >= 11 is 4.86. The average molecular weight is 314 g/mol. The first kappa shape index (κ1) is 13.9. The lowest BCUT2D eigenvalue weighted by atomic mass is 10.4. The SMILES string of the molecule is FC(F)(F)CNCCSc1cccc(Br)c1. The summed E-state index contributed by atoms with van der Waals surface area (Å²) in [6.07, 6.45) is -4.12. The van der Waals surface area contributed by atoms with Crippen molar-refractivity contribution in [1.29, 1.82) is 0 Å². The number of rotatable bonds is 5. The summed E-state index contributed by atoms with van der Waals surface area (Å²) < 4.78 is 36.3. The summed E-state index contributed by atoms with van der Waals surface area (Å²) in [5, 5.41) is 2.35. The Morgan fingerprint density at radius 1 is 1.31 bits per heavy atom. The van der Waals surface area contributed by atoms with Crippen LogP contribution in [0, 0.1) is 0 Å². The van der Waals surface area contributed by atoms with Crippen LogP contribution in [0.4, 0.5) is 13.2 Å². The second-order valence-electron chi connectivity index (χ2n) is 3.10. The van der Waals surface area contributed by atoms with Crippen LogP contribution in [-0.2, 0) is 0 Å². The van der Waals surface area contributed by atoms with Crippen molar-refractivity contribution in [2.75, 3.05) is 18.8 Å². The van der Waals surface area contributed by atoms with Crippen LogP contribution in [0.1, 0.15) is 0 Å². The lowest BCUT2D eigenvalue weighted by molar-refractivity contribution is -0.124. The van der Waals surface area contributed by atoms with Crippen molar-refractivity contribution in [2.45, 2.75) is 11.1 Å². The predicted octanol–water partition coefficient (Wildman–Crippen LogP) is 3.69. The van der Waals surface area contributed by atoms with Gasteiger partial charge in [0.15, 0.2) is 0 Å². The van der Waals surface area contributed by atoms with Gasteiger partial charge in [0.25, 0.3) is 0 Å². The maximum absolute atomic E-state index is 11.8. The van der Waals surface area contributed by atoms with Gasteiger partial charge in [0.05, 0.1) is 6.54 Å². The minimum Gasteiger partial charge on any atom is -0.308 e. The lowest BCUT2D eigenvalue weighted by Gasteiger charge is -2.07. The van der Waals surface area contributed by atoms with Crippen LogP contribution in [0.25, 0.3) is 0 Å². The Bertz CT molecular complexity index is 330. The molecule has 0 aliphatic carbocycles. The smallest absolute Gasteiger partial charge is 0.308 e. The van der Waals surface area contributed by atoms with Gasteiger partial charge in [-0.3, -0.25) is 0 Å². The number of halogens is 4. The number of nitrogens with one attached hydrogen (secondary N) is 1. The fraction of sp³-hybridized carbons (Fsp3) is 0.400. The Balaban J connectivity index is 2.17. The van der Waals surface area contributed by atoms with Crippen LogP contribution in [-0.4, -0.2) is 25.0 Å². The fourth-order valence-corrected chi connectivity index (χ4v) is 2.45. The van der Waals surface area contributed by atoms with Gasteiger partial charge in [-0.25, -0.2) is 0 Å². The molecule has 0 saturated carbocycles. The molecule has 0 aromatic heterocycles. The molecule has 1 rings (SSSR count). The van der Waals surface area contributed by atoms with E-state index in [1.807, 2.05) is 24.3 Å². The maximum atomic E-state index is 11.8. The van der Waals surface area contributed by atoms with Crippen molar-refractivity contribution in [2.24, 2.45) is 0 Å². The Hall–Kier alpha value is -0.200. The molecule has 1 nitrogen and oxygen atoms in total. The summed E-state index contributed by atoms with van der Waals surface area (Å²) in [5.74, 6) is 0.618. The molecule has 16 heavy (non-hydrogen) atoms. The number of hydrogen-bond donors (Lipinski definition) is 1. The molecule has 0 bridgehead atoms. The van der Waals surface area contributed by atoms with E-state index in [2.05, 4.69) is 21.2 Å². The molecule has 0 spiro atoms. The van der Waals surface area contributed by atoms with Crippen molar-refractivity contribution in [3.05, 3.63) is 28.7 Å². The van der Waals surface area contributed by atoms with E-state index in [9.17, 15) is 13.2 Å². The minimum absolute atomic E-state index is 0.344. The highest BCUT2D eigenvalue weighted by Gasteiger charge is 2.25. The Morgan fingerprint density at radius 3 is 2.69 bits per heavy atom. The summed E-state index contributed by atoms with van der Waals surface area (Å²) in [5.41, 5.74) is 0. The molecular weight excluding hydrogens is 303 g/mol. The van der Waals surface area contributed by atoms with E-state index in [-0.39, 0.29) is 0 Å². The third-order valence-electron chi connectivity index (χ3n) is 1.67. The molecule has 0 saturated heterocycles. The Labute approximate surface area is 105 Å². The third kappa shape index (κ3) is 6.40. The van der Waals surface area contributed by atoms with E-state index in [0.29, 0.717) is 12.3 Å². The number of alkyl halides is 3. The van der Waals surface area contributed by atoms with Crippen molar-refractivity contribution in [1.82, 2.24) is 5.32 Å². The molecule has 1 N–H and O–H groups in total. The summed E-state index contributed by atoms with van der Waals surface area (Å²) in [4.78, 5) is 1.04. The standard InChI is InChI=1S/C10H11BrF3NS/c11-8-2-1-3-9(6-8)16-5-4-15-7-10(12,13)14/h1-3,6,15H,4-5,7H2. The van der Waals surface area contributed by atoms with Crippen LogP contribution < -0.4 is 5.32 Å². The van der Waals surface area contributed by atoms with Crippen LogP contribution in [0.3, 0.4) is 0 Å². The topological polar surface area (TPSA) is 12.0 Å². The molecule has 0 radical (unpaired) electrons. The predicted molar refractivity (Wildman–Crippen MR) is 63.8 cm³/mol. The van der Waals surface area contributed by atoms with Gasteiger partial charge in [-0.05, 0) is 18.2 Å². The highest BCUT2D eigenvalue weighted by molar-refractivity contribution is 9.10. The van der Waals surface area contributed by atoms with Gasteiger partial charge in [0.2, 0.25) is 0 Å². The molecule has 0 atom stereocenters. The molecule has 1 aromatic carbocycles. The van der Waals surface area contributed by atoms with Crippen molar-refractivity contribution in [3.63, 3.8) is 0 Å². The van der Waals surface area contributed by atoms with Crippen molar-refractivity contribution in [3.8, 4) is 0 Å². The largest absolute Gasteiger partial charge is 0.401 e. The van der Waals surface area contributed by atoms with E-state index in [0.717, 1.165) is 9.37 Å². The van der Waals surface area contributed by atoms with E-state index in [1.54, 1.807) is 0 Å². The van der Waals surface area contributed by atoms with Crippen LogP contribution in [0.2, 0.25) is 0 Å². The van der Waals surface area contributed by atoms with Gasteiger partial charge in [0, 0.05) is 21.7 Å². The normalized spacial score (nSPS) is 11.8. The molecule has 1 aromatic rings. The molecule has 0 aliphatic heterocycles. The first-order chi connectivity index (χ1) is 7.47. The highest BCUT2D eigenvalue weighted by Crippen LogP contribution is 2.21. The first-order valence-electron chi connectivity index (χ1n) is 4.63. The number of hydrogen-bond acceptors (Lipinski definition) is 2. The third-order valence-corrected chi connectivity index (χ3v) is 3.16. The van der Waals surface area contributed by atoms with Crippen LogP contribution >= 0.6 is 27.7 Å². The van der Waals surface area contributed by atoms with Gasteiger partial charge >= 0.3 is 6.18 Å². The molecule has 0 fully saturated rings. The molecule has 6 heteroatoms.